The molecule has 0 radical (unpaired) electrons. The monoisotopic (exact) mass is 347 g/mol. The highest BCUT2D eigenvalue weighted by Crippen LogP contribution is 2.17. The van der Waals surface area contributed by atoms with Crippen LogP contribution in [0.2, 0.25) is 0 Å². The summed E-state index contributed by atoms with van der Waals surface area (Å²) in [5.74, 6) is 0.546. The predicted octanol–water partition coefficient (Wildman–Crippen LogP) is 1.84. The van der Waals surface area contributed by atoms with Crippen LogP contribution >= 0.6 is 0 Å². The Bertz CT molecular complexity index is 1060. The minimum atomic E-state index is -0.379. The van der Waals surface area contributed by atoms with Crippen molar-refractivity contribution in [3.8, 4) is 17.3 Å². The number of ether oxygens (including phenoxy) is 1. The number of fused-ring (bicyclic) bond motifs is 1. The molecule has 9 nitrogen and oxygen atoms in total. The van der Waals surface area contributed by atoms with Crippen LogP contribution in [0.4, 0.5) is 5.95 Å². The second kappa shape index (κ2) is 6.55. The Hall–Kier alpha value is -3.88. The summed E-state index contributed by atoms with van der Waals surface area (Å²) in [5, 5.41) is 6.95. The van der Waals surface area contributed by atoms with E-state index in [1.54, 1.807) is 30.6 Å². The number of aromatic nitrogens is 6. The highest BCUT2D eigenvalue weighted by atomic mass is 16.5. The number of nitrogens with zero attached hydrogens (tertiary/aromatic N) is 6. The molecule has 0 aromatic carbocycles. The van der Waals surface area contributed by atoms with Gasteiger partial charge in [-0.2, -0.15) is 9.50 Å². The van der Waals surface area contributed by atoms with E-state index in [2.05, 4.69) is 30.4 Å². The number of anilines is 1. The summed E-state index contributed by atoms with van der Waals surface area (Å²) in [5.41, 5.74) is 1.80. The third-order valence-electron chi connectivity index (χ3n) is 3.60. The second-order valence-electron chi connectivity index (χ2n) is 5.24. The van der Waals surface area contributed by atoms with E-state index >= 15 is 0 Å². The van der Waals surface area contributed by atoms with Gasteiger partial charge < -0.3 is 4.74 Å². The first-order valence-corrected chi connectivity index (χ1v) is 7.69. The number of carbonyl (C=O) groups excluding carboxylic acids is 1. The first-order chi connectivity index (χ1) is 12.7. The lowest BCUT2D eigenvalue weighted by atomic mass is 10.2. The van der Waals surface area contributed by atoms with Crippen molar-refractivity contribution in [1.82, 2.24) is 29.5 Å². The lowest BCUT2D eigenvalue weighted by molar-refractivity contribution is 0.102. The molecule has 0 fully saturated rings. The standard InChI is InChI=1S/C17H13N7O2/c1-26-14-6-5-11(10-20-14)15(25)21-16-22-17-19-9-7-13(24(17)23-16)12-4-2-3-8-18-12/h2-10H,1H3,(H,21,23,25). The SMILES string of the molecule is COc1ccc(C(=O)Nc2nc3nccc(-c4ccccn4)n3n2)cn1. The Balaban J connectivity index is 1.64. The Morgan fingerprint density at radius 1 is 1.08 bits per heavy atom. The minimum Gasteiger partial charge on any atom is -0.481 e. The third-order valence-corrected chi connectivity index (χ3v) is 3.60. The van der Waals surface area contributed by atoms with Crippen LogP contribution in [-0.4, -0.2) is 42.6 Å². The van der Waals surface area contributed by atoms with Gasteiger partial charge in [0.15, 0.2) is 0 Å². The lowest BCUT2D eigenvalue weighted by Crippen LogP contribution is -2.13. The lowest BCUT2D eigenvalue weighted by Gasteiger charge is -2.02. The van der Waals surface area contributed by atoms with Gasteiger partial charge in [-0.15, -0.1) is 5.10 Å². The van der Waals surface area contributed by atoms with E-state index in [1.807, 2.05) is 18.2 Å². The van der Waals surface area contributed by atoms with Crippen LogP contribution in [-0.2, 0) is 0 Å². The van der Waals surface area contributed by atoms with Crippen molar-refractivity contribution in [2.45, 2.75) is 0 Å². The van der Waals surface area contributed by atoms with E-state index in [1.165, 1.54) is 17.8 Å². The number of nitrogens with one attached hydrogen (secondary N) is 1. The van der Waals surface area contributed by atoms with Gasteiger partial charge in [-0.25, -0.2) is 9.97 Å². The van der Waals surface area contributed by atoms with Gasteiger partial charge in [-0.05, 0) is 24.3 Å². The molecule has 4 rings (SSSR count). The molecular formula is C17H13N7O2. The summed E-state index contributed by atoms with van der Waals surface area (Å²) >= 11 is 0. The van der Waals surface area contributed by atoms with Gasteiger partial charge in [0.25, 0.3) is 17.6 Å². The number of methoxy groups -OCH3 is 1. The fraction of sp³-hybridized carbons (Fsp3) is 0.0588. The zero-order chi connectivity index (χ0) is 17.9. The van der Waals surface area contributed by atoms with Crippen molar-refractivity contribution in [2.24, 2.45) is 0 Å². The molecule has 0 bridgehead atoms. The molecule has 1 amide bonds. The number of amides is 1. The molecule has 1 N–H and O–H groups in total. The number of carbonyl (C=O) groups is 1. The predicted molar refractivity (Wildman–Crippen MR) is 92.8 cm³/mol. The molecular weight excluding hydrogens is 334 g/mol. The molecule has 0 aliphatic heterocycles. The van der Waals surface area contributed by atoms with Gasteiger partial charge in [-0.3, -0.25) is 15.1 Å². The summed E-state index contributed by atoms with van der Waals surface area (Å²) in [6.07, 6.45) is 4.73. The van der Waals surface area contributed by atoms with Crippen molar-refractivity contribution >= 4 is 17.6 Å². The van der Waals surface area contributed by atoms with E-state index in [4.69, 9.17) is 4.74 Å². The smallest absolute Gasteiger partial charge is 0.259 e. The molecule has 9 heteroatoms. The topological polar surface area (TPSA) is 107 Å². The Morgan fingerprint density at radius 2 is 2.00 bits per heavy atom. The van der Waals surface area contributed by atoms with Crippen molar-refractivity contribution in [1.29, 1.82) is 0 Å². The van der Waals surface area contributed by atoms with E-state index < -0.39 is 0 Å². The third kappa shape index (κ3) is 2.93. The quantitative estimate of drug-likeness (QED) is 0.600. The van der Waals surface area contributed by atoms with Crippen LogP contribution in [0.1, 0.15) is 10.4 Å². The minimum absolute atomic E-state index is 0.140. The molecule has 4 aromatic rings. The zero-order valence-corrected chi connectivity index (χ0v) is 13.7. The van der Waals surface area contributed by atoms with Crippen molar-refractivity contribution in [3.63, 3.8) is 0 Å². The van der Waals surface area contributed by atoms with Crippen molar-refractivity contribution in [3.05, 3.63) is 60.6 Å². The molecule has 26 heavy (non-hydrogen) atoms. The summed E-state index contributed by atoms with van der Waals surface area (Å²) < 4.78 is 6.51. The number of rotatable bonds is 4. The van der Waals surface area contributed by atoms with E-state index in [9.17, 15) is 4.79 Å². The van der Waals surface area contributed by atoms with Crippen LogP contribution in [0.15, 0.2) is 55.0 Å². The van der Waals surface area contributed by atoms with Crippen molar-refractivity contribution in [2.75, 3.05) is 12.4 Å². The Morgan fingerprint density at radius 3 is 2.73 bits per heavy atom. The fourth-order valence-electron chi connectivity index (χ4n) is 2.36. The Kier molecular flexibility index (Phi) is 3.94. The van der Waals surface area contributed by atoms with Crippen molar-refractivity contribution < 1.29 is 9.53 Å². The Labute approximate surface area is 147 Å². The maximum atomic E-state index is 12.3. The van der Waals surface area contributed by atoms with Gasteiger partial charge in [0, 0.05) is 24.7 Å². The molecule has 0 aliphatic rings. The van der Waals surface area contributed by atoms with Crippen LogP contribution in [0.5, 0.6) is 5.88 Å². The highest BCUT2D eigenvalue weighted by molar-refractivity contribution is 6.03. The van der Waals surface area contributed by atoms with E-state index in [0.29, 0.717) is 17.2 Å². The number of pyridine rings is 2. The summed E-state index contributed by atoms with van der Waals surface area (Å²) in [6.45, 7) is 0. The molecule has 128 valence electrons. The maximum Gasteiger partial charge on any atom is 0.259 e. The average molecular weight is 347 g/mol. The van der Waals surface area contributed by atoms with Crippen LogP contribution in [0.25, 0.3) is 17.2 Å². The zero-order valence-electron chi connectivity index (χ0n) is 13.7. The van der Waals surface area contributed by atoms with Gasteiger partial charge in [0.1, 0.15) is 0 Å². The number of hydrogen-bond acceptors (Lipinski definition) is 7. The first-order valence-electron chi connectivity index (χ1n) is 7.69. The van der Waals surface area contributed by atoms with Crippen LogP contribution < -0.4 is 10.1 Å². The molecule has 0 atom stereocenters. The molecule has 4 aromatic heterocycles. The van der Waals surface area contributed by atoms with Gasteiger partial charge in [0.2, 0.25) is 5.88 Å². The van der Waals surface area contributed by atoms with Gasteiger partial charge >= 0.3 is 0 Å². The second-order valence-corrected chi connectivity index (χ2v) is 5.24. The fourth-order valence-corrected chi connectivity index (χ4v) is 2.36. The number of hydrogen-bond donors (Lipinski definition) is 1. The molecule has 4 heterocycles. The molecule has 0 aliphatic carbocycles. The summed E-state index contributed by atoms with van der Waals surface area (Å²) in [7, 11) is 1.51. The summed E-state index contributed by atoms with van der Waals surface area (Å²) in [6, 6.07) is 10.6. The molecule has 0 unspecified atom stereocenters. The highest BCUT2D eigenvalue weighted by Gasteiger charge is 2.14. The van der Waals surface area contributed by atoms with E-state index in [0.717, 1.165) is 11.4 Å². The average Bonchev–Trinajstić information content (AvgIpc) is 3.11. The van der Waals surface area contributed by atoms with Crippen LogP contribution in [0.3, 0.4) is 0 Å². The maximum absolute atomic E-state index is 12.3. The normalized spacial score (nSPS) is 10.7. The van der Waals surface area contributed by atoms with Crippen LogP contribution in [0, 0.1) is 0 Å². The largest absolute Gasteiger partial charge is 0.481 e. The summed E-state index contributed by atoms with van der Waals surface area (Å²) in [4.78, 5) is 29.1. The molecule has 0 spiro atoms. The molecule has 0 saturated carbocycles. The molecule has 0 saturated heterocycles. The van der Waals surface area contributed by atoms with Gasteiger partial charge in [0.05, 0.1) is 24.1 Å². The first kappa shape index (κ1) is 15.6. The van der Waals surface area contributed by atoms with Gasteiger partial charge in [-0.1, -0.05) is 6.07 Å². The van der Waals surface area contributed by atoms with E-state index in [-0.39, 0.29) is 11.9 Å².